The van der Waals surface area contributed by atoms with Crippen molar-refractivity contribution in [2.24, 2.45) is 0 Å². The highest BCUT2D eigenvalue weighted by Gasteiger charge is 1.97. The lowest BCUT2D eigenvalue weighted by atomic mass is 10.5. The first-order chi connectivity index (χ1) is 7.74. The van der Waals surface area contributed by atoms with Crippen LogP contribution in [0.25, 0.3) is 0 Å². The summed E-state index contributed by atoms with van der Waals surface area (Å²) >= 11 is 0. The summed E-state index contributed by atoms with van der Waals surface area (Å²) in [4.78, 5) is 8.33. The zero-order valence-corrected chi connectivity index (χ0v) is 9.09. The molecule has 0 radical (unpaired) electrons. The lowest BCUT2D eigenvalue weighted by Gasteiger charge is -2.04. The molecule has 0 amide bonds. The number of nitrogen functional groups attached to an aromatic ring is 1. The van der Waals surface area contributed by atoms with Crippen LogP contribution in [0.1, 0.15) is 5.69 Å². The van der Waals surface area contributed by atoms with E-state index in [1.54, 1.807) is 23.3 Å². The van der Waals surface area contributed by atoms with Gasteiger partial charge in [0.25, 0.3) is 0 Å². The molecular formula is C10H14N6. The molecule has 6 heteroatoms. The number of aromatic nitrogens is 4. The van der Waals surface area contributed by atoms with Crippen molar-refractivity contribution in [3.05, 3.63) is 30.4 Å². The highest BCUT2D eigenvalue weighted by atomic mass is 15.3. The van der Waals surface area contributed by atoms with Gasteiger partial charge in [-0.3, -0.25) is 4.68 Å². The fourth-order valence-corrected chi connectivity index (χ4v) is 1.32. The van der Waals surface area contributed by atoms with Crippen molar-refractivity contribution in [2.45, 2.75) is 13.5 Å². The van der Waals surface area contributed by atoms with Crippen LogP contribution < -0.4 is 11.1 Å². The van der Waals surface area contributed by atoms with Crippen LogP contribution in [-0.4, -0.2) is 26.3 Å². The van der Waals surface area contributed by atoms with Crippen LogP contribution in [0.15, 0.2) is 24.7 Å². The standard InChI is InChI=1S/C10H14N6/c1-8-2-3-12-10(15-8)13-4-5-16-7-9(11)6-14-16/h2-3,6-7H,4-5,11H2,1H3,(H,12,13,15). The van der Waals surface area contributed by atoms with E-state index >= 15 is 0 Å². The topological polar surface area (TPSA) is 81.7 Å². The number of hydrogen-bond donors (Lipinski definition) is 2. The second-order valence-corrected chi connectivity index (χ2v) is 3.49. The predicted octanol–water partition coefficient (Wildman–Crippen LogP) is 0.676. The number of anilines is 2. The van der Waals surface area contributed by atoms with Gasteiger partial charge in [-0.1, -0.05) is 0 Å². The number of hydrogen-bond acceptors (Lipinski definition) is 5. The molecule has 6 nitrogen and oxygen atoms in total. The molecule has 0 spiro atoms. The van der Waals surface area contributed by atoms with E-state index < -0.39 is 0 Å². The molecule has 0 aliphatic carbocycles. The van der Waals surface area contributed by atoms with Crippen molar-refractivity contribution < 1.29 is 0 Å². The van der Waals surface area contributed by atoms with Crippen LogP contribution in [0, 0.1) is 6.92 Å². The molecule has 2 aromatic rings. The van der Waals surface area contributed by atoms with E-state index in [0.717, 1.165) is 12.2 Å². The Bertz CT molecular complexity index is 464. The molecule has 0 unspecified atom stereocenters. The first kappa shape index (κ1) is 10.4. The maximum Gasteiger partial charge on any atom is 0.222 e. The van der Waals surface area contributed by atoms with Gasteiger partial charge in [-0.15, -0.1) is 0 Å². The van der Waals surface area contributed by atoms with E-state index in [1.807, 2.05) is 13.0 Å². The summed E-state index contributed by atoms with van der Waals surface area (Å²) in [6.45, 7) is 3.38. The van der Waals surface area contributed by atoms with E-state index in [-0.39, 0.29) is 0 Å². The highest BCUT2D eigenvalue weighted by molar-refractivity contribution is 5.30. The maximum atomic E-state index is 5.55. The zero-order valence-electron chi connectivity index (χ0n) is 9.09. The van der Waals surface area contributed by atoms with Gasteiger partial charge >= 0.3 is 0 Å². The van der Waals surface area contributed by atoms with E-state index in [2.05, 4.69) is 20.4 Å². The molecule has 0 saturated heterocycles. The van der Waals surface area contributed by atoms with E-state index in [9.17, 15) is 0 Å². The maximum absolute atomic E-state index is 5.55. The molecule has 3 N–H and O–H groups in total. The van der Waals surface area contributed by atoms with E-state index in [0.29, 0.717) is 18.2 Å². The average Bonchev–Trinajstić information content (AvgIpc) is 2.64. The number of nitrogens with two attached hydrogens (primary N) is 1. The smallest absolute Gasteiger partial charge is 0.222 e. The molecule has 2 rings (SSSR count). The Morgan fingerprint density at radius 1 is 1.50 bits per heavy atom. The Morgan fingerprint density at radius 2 is 2.38 bits per heavy atom. The van der Waals surface area contributed by atoms with Crippen molar-refractivity contribution in [3.63, 3.8) is 0 Å². The van der Waals surface area contributed by atoms with Gasteiger partial charge < -0.3 is 11.1 Å². The lowest BCUT2D eigenvalue weighted by Crippen LogP contribution is -2.12. The third-order valence-corrected chi connectivity index (χ3v) is 2.07. The summed E-state index contributed by atoms with van der Waals surface area (Å²) in [6.07, 6.45) is 5.15. The van der Waals surface area contributed by atoms with Gasteiger partial charge in [0.05, 0.1) is 18.4 Å². The summed E-state index contributed by atoms with van der Waals surface area (Å²) in [7, 11) is 0. The molecule has 0 aromatic carbocycles. The molecule has 16 heavy (non-hydrogen) atoms. The Morgan fingerprint density at radius 3 is 3.06 bits per heavy atom. The lowest BCUT2D eigenvalue weighted by molar-refractivity contribution is 0.636. The first-order valence-electron chi connectivity index (χ1n) is 5.05. The van der Waals surface area contributed by atoms with Gasteiger partial charge in [-0.2, -0.15) is 5.10 Å². The van der Waals surface area contributed by atoms with Crippen molar-refractivity contribution in [2.75, 3.05) is 17.6 Å². The molecule has 2 heterocycles. The van der Waals surface area contributed by atoms with Gasteiger partial charge in [0.2, 0.25) is 5.95 Å². The highest BCUT2D eigenvalue weighted by Crippen LogP contribution is 2.00. The quantitative estimate of drug-likeness (QED) is 0.788. The fourth-order valence-electron chi connectivity index (χ4n) is 1.32. The van der Waals surface area contributed by atoms with Crippen LogP contribution in [0.3, 0.4) is 0 Å². The Labute approximate surface area is 93.5 Å². The average molecular weight is 218 g/mol. The number of aryl methyl sites for hydroxylation is 1. The van der Waals surface area contributed by atoms with Crippen LogP contribution in [0.4, 0.5) is 11.6 Å². The minimum absolute atomic E-state index is 0.639. The van der Waals surface area contributed by atoms with Crippen molar-refractivity contribution in [3.8, 4) is 0 Å². The third kappa shape index (κ3) is 2.69. The number of rotatable bonds is 4. The van der Waals surface area contributed by atoms with Crippen LogP contribution in [-0.2, 0) is 6.54 Å². The minimum Gasteiger partial charge on any atom is -0.396 e. The van der Waals surface area contributed by atoms with Crippen LogP contribution in [0.2, 0.25) is 0 Å². The Balaban J connectivity index is 1.84. The summed E-state index contributed by atoms with van der Waals surface area (Å²) in [5.41, 5.74) is 7.17. The molecule has 0 aliphatic heterocycles. The number of nitrogens with one attached hydrogen (secondary N) is 1. The minimum atomic E-state index is 0.639. The molecule has 0 atom stereocenters. The van der Waals surface area contributed by atoms with Crippen molar-refractivity contribution in [1.29, 1.82) is 0 Å². The Hall–Kier alpha value is -2.11. The largest absolute Gasteiger partial charge is 0.396 e. The fraction of sp³-hybridized carbons (Fsp3) is 0.300. The second kappa shape index (κ2) is 4.61. The van der Waals surface area contributed by atoms with Gasteiger partial charge in [0.15, 0.2) is 0 Å². The second-order valence-electron chi connectivity index (χ2n) is 3.49. The van der Waals surface area contributed by atoms with Gasteiger partial charge in [0.1, 0.15) is 0 Å². The molecule has 0 fully saturated rings. The molecule has 0 bridgehead atoms. The molecular weight excluding hydrogens is 204 g/mol. The monoisotopic (exact) mass is 218 g/mol. The van der Waals surface area contributed by atoms with Gasteiger partial charge in [-0.05, 0) is 13.0 Å². The molecule has 2 aromatic heterocycles. The normalized spacial score (nSPS) is 10.3. The van der Waals surface area contributed by atoms with Crippen LogP contribution >= 0.6 is 0 Å². The summed E-state index contributed by atoms with van der Waals surface area (Å²) in [5.74, 6) is 0.639. The first-order valence-corrected chi connectivity index (χ1v) is 5.05. The summed E-state index contributed by atoms with van der Waals surface area (Å²) < 4.78 is 1.78. The van der Waals surface area contributed by atoms with Crippen molar-refractivity contribution in [1.82, 2.24) is 19.7 Å². The van der Waals surface area contributed by atoms with Crippen LogP contribution in [0.5, 0.6) is 0 Å². The summed E-state index contributed by atoms with van der Waals surface area (Å²) in [5, 5.41) is 7.19. The van der Waals surface area contributed by atoms with Crippen molar-refractivity contribution >= 4 is 11.6 Å². The molecule has 0 aliphatic rings. The van der Waals surface area contributed by atoms with Gasteiger partial charge in [0, 0.05) is 24.6 Å². The summed E-state index contributed by atoms with van der Waals surface area (Å²) in [6, 6.07) is 1.86. The third-order valence-electron chi connectivity index (χ3n) is 2.07. The number of nitrogens with zero attached hydrogens (tertiary/aromatic N) is 4. The van der Waals surface area contributed by atoms with E-state index in [4.69, 9.17) is 5.73 Å². The van der Waals surface area contributed by atoms with Gasteiger partial charge in [-0.25, -0.2) is 9.97 Å². The SMILES string of the molecule is Cc1ccnc(NCCn2cc(N)cn2)n1. The molecule has 0 saturated carbocycles. The Kier molecular flexibility index (Phi) is 3.00. The molecule has 84 valence electrons. The zero-order chi connectivity index (χ0) is 11.4. The van der Waals surface area contributed by atoms with E-state index in [1.165, 1.54) is 0 Å². The predicted molar refractivity (Wildman–Crippen MR) is 61.9 cm³/mol.